The molecule has 1 heterocycles. The van der Waals surface area contributed by atoms with Crippen molar-refractivity contribution in [3.63, 3.8) is 0 Å². The zero-order valence-electron chi connectivity index (χ0n) is 38.3. The Morgan fingerprint density at radius 2 is 0.700 bits per heavy atom. The summed E-state index contributed by atoms with van der Waals surface area (Å²) in [5.74, 6) is 0. The molecule has 0 atom stereocenters. The van der Waals surface area contributed by atoms with Crippen LogP contribution < -0.4 is 4.90 Å². The fourth-order valence-corrected chi connectivity index (χ4v) is 10.6. The lowest BCUT2D eigenvalue weighted by atomic mass is 9.84. The second-order valence-electron chi connectivity index (χ2n) is 18.0. The molecule has 0 unspecified atom stereocenters. The summed E-state index contributed by atoms with van der Waals surface area (Å²) in [6, 6.07) is 98.7. The van der Waals surface area contributed by atoms with Crippen LogP contribution in [0.3, 0.4) is 0 Å². The van der Waals surface area contributed by atoms with Crippen molar-refractivity contribution in [2.45, 2.75) is 0 Å². The second kappa shape index (κ2) is 17.4. The number of furan rings is 1. The van der Waals surface area contributed by atoms with Gasteiger partial charge in [0.05, 0.1) is 0 Å². The van der Waals surface area contributed by atoms with Crippen molar-refractivity contribution in [3.05, 3.63) is 273 Å². The predicted octanol–water partition coefficient (Wildman–Crippen LogP) is 19.4. The molecule has 328 valence electrons. The van der Waals surface area contributed by atoms with Gasteiger partial charge in [0.1, 0.15) is 11.2 Å². The van der Waals surface area contributed by atoms with Crippen molar-refractivity contribution in [2.75, 3.05) is 4.90 Å². The third-order valence-corrected chi connectivity index (χ3v) is 13.8. The third kappa shape index (κ3) is 7.22. The third-order valence-electron chi connectivity index (χ3n) is 13.8. The summed E-state index contributed by atoms with van der Waals surface area (Å²) in [5.41, 5.74) is 18.9. The van der Waals surface area contributed by atoms with Gasteiger partial charge in [0, 0.05) is 33.4 Å². The van der Waals surface area contributed by atoms with E-state index >= 15 is 0 Å². The topological polar surface area (TPSA) is 16.4 Å². The Morgan fingerprint density at radius 3 is 1.39 bits per heavy atom. The number of hydrogen-bond acceptors (Lipinski definition) is 2. The lowest BCUT2D eigenvalue weighted by Gasteiger charge is -2.28. The molecular weight excluding hydrogens is 847 g/mol. The molecule has 1 aromatic heterocycles. The predicted molar refractivity (Wildman–Crippen MR) is 296 cm³/mol. The molecule has 13 aromatic rings. The molecule has 0 amide bonds. The summed E-state index contributed by atoms with van der Waals surface area (Å²) in [7, 11) is 0. The van der Waals surface area contributed by atoms with Gasteiger partial charge in [-0.05, 0) is 131 Å². The normalized spacial score (nSPS) is 11.4. The molecule has 0 aliphatic carbocycles. The minimum Gasteiger partial charge on any atom is -0.455 e. The van der Waals surface area contributed by atoms with Crippen LogP contribution in [-0.4, -0.2) is 0 Å². The van der Waals surface area contributed by atoms with Gasteiger partial charge in [0.2, 0.25) is 0 Å². The minimum atomic E-state index is 0.889. The maximum absolute atomic E-state index is 6.60. The van der Waals surface area contributed by atoms with Crippen molar-refractivity contribution in [1.82, 2.24) is 0 Å². The lowest BCUT2D eigenvalue weighted by molar-refractivity contribution is 0.670. The van der Waals surface area contributed by atoms with Crippen molar-refractivity contribution >= 4 is 60.5 Å². The highest BCUT2D eigenvalue weighted by Gasteiger charge is 2.21. The number of anilines is 3. The molecule has 0 fully saturated rings. The molecule has 0 N–H and O–H groups in total. The average molecular weight is 892 g/mol. The summed E-state index contributed by atoms with van der Waals surface area (Å²) in [4.78, 5) is 2.41. The molecule has 0 aliphatic heterocycles. The number of hydrogen-bond donors (Lipinski definition) is 0. The van der Waals surface area contributed by atoms with Gasteiger partial charge in [-0.15, -0.1) is 0 Å². The zero-order valence-corrected chi connectivity index (χ0v) is 38.3. The highest BCUT2D eigenvalue weighted by atomic mass is 16.3. The molecule has 13 rings (SSSR count). The molecule has 2 heteroatoms. The van der Waals surface area contributed by atoms with E-state index in [-0.39, 0.29) is 0 Å². The van der Waals surface area contributed by atoms with Crippen LogP contribution in [0, 0.1) is 0 Å². The smallest absolute Gasteiger partial charge is 0.143 e. The van der Waals surface area contributed by atoms with Crippen molar-refractivity contribution in [1.29, 1.82) is 0 Å². The maximum Gasteiger partial charge on any atom is 0.143 e. The lowest BCUT2D eigenvalue weighted by Crippen LogP contribution is -2.10. The Bertz CT molecular complexity index is 4040. The van der Waals surface area contributed by atoms with Gasteiger partial charge < -0.3 is 9.32 Å². The van der Waals surface area contributed by atoms with Crippen LogP contribution >= 0.6 is 0 Å². The fourth-order valence-electron chi connectivity index (χ4n) is 10.6. The summed E-state index contributed by atoms with van der Waals surface area (Å²) in [6.45, 7) is 0. The molecular formula is C68H45NO. The second-order valence-corrected chi connectivity index (χ2v) is 18.0. The van der Waals surface area contributed by atoms with Gasteiger partial charge in [-0.25, -0.2) is 0 Å². The number of benzene rings is 12. The Morgan fingerprint density at radius 1 is 0.229 bits per heavy atom. The number of nitrogens with zero attached hydrogens (tertiary/aromatic N) is 1. The van der Waals surface area contributed by atoms with Crippen LogP contribution in [-0.2, 0) is 0 Å². The molecule has 70 heavy (non-hydrogen) atoms. The van der Waals surface area contributed by atoms with E-state index in [0.29, 0.717) is 0 Å². The quantitative estimate of drug-likeness (QED) is 0.134. The fraction of sp³-hybridized carbons (Fsp3) is 0. The van der Waals surface area contributed by atoms with Gasteiger partial charge in [0.15, 0.2) is 0 Å². The van der Waals surface area contributed by atoms with Crippen molar-refractivity contribution in [2.24, 2.45) is 0 Å². The summed E-state index contributed by atoms with van der Waals surface area (Å²) in [5, 5.41) is 7.18. The van der Waals surface area contributed by atoms with Crippen molar-refractivity contribution in [3.8, 4) is 66.8 Å². The Hall–Kier alpha value is -9.24. The monoisotopic (exact) mass is 891 g/mol. The molecule has 0 saturated heterocycles. The number of para-hydroxylation sites is 2. The van der Waals surface area contributed by atoms with E-state index < -0.39 is 0 Å². The Balaban J connectivity index is 1.02. The van der Waals surface area contributed by atoms with Gasteiger partial charge in [0.25, 0.3) is 0 Å². The molecule has 0 aliphatic rings. The SMILES string of the molecule is c1ccc(-c2ccc(N(c3cccc(-c4ccc5c(c4)c(-c4ccccc4)c(-c4ccccc4)c4ccccc45)c3)c3cccc(-c4cccc5c4oc4ccccc45)c3)cc2-c2ccccc2)cc1. The largest absolute Gasteiger partial charge is 0.455 e. The van der Waals surface area contributed by atoms with E-state index in [1.807, 2.05) is 6.07 Å². The minimum absolute atomic E-state index is 0.889. The van der Waals surface area contributed by atoms with Gasteiger partial charge in [-0.3, -0.25) is 0 Å². The first-order chi connectivity index (χ1) is 34.7. The first-order valence-corrected chi connectivity index (χ1v) is 24.0. The average Bonchev–Trinajstić information content (AvgIpc) is 3.83. The number of fused-ring (bicyclic) bond motifs is 6. The number of rotatable bonds is 9. The molecule has 0 spiro atoms. The van der Waals surface area contributed by atoms with Crippen LogP contribution in [0.15, 0.2) is 277 Å². The van der Waals surface area contributed by atoms with Gasteiger partial charge in [-0.1, -0.05) is 224 Å². The maximum atomic E-state index is 6.60. The van der Waals surface area contributed by atoms with Crippen LogP contribution in [0.25, 0.3) is 110 Å². The molecule has 12 aromatic carbocycles. The van der Waals surface area contributed by atoms with E-state index in [4.69, 9.17) is 4.42 Å². The standard InChI is InChI=1S/C68H45NO/c1-5-20-46(21-6-1)56-41-39-55(45-63(56)47-22-7-2-8-23-47)69(54-31-18-29-52(43-54)57-35-19-36-62-60-33-15-16-37-65(60)70-68(57)62)53-30-17-28-50(42-53)51-38-40-59-58-32-13-14-34-61(58)66(48-24-9-3-10-25-48)67(64(59)44-51)49-26-11-4-12-27-49/h1-45H. The van der Waals surface area contributed by atoms with Crippen molar-refractivity contribution < 1.29 is 4.42 Å². The molecule has 0 radical (unpaired) electrons. The Labute approximate surface area is 407 Å². The van der Waals surface area contributed by atoms with E-state index in [2.05, 4.69) is 272 Å². The summed E-state index contributed by atoms with van der Waals surface area (Å²) >= 11 is 0. The molecule has 0 bridgehead atoms. The molecule has 0 saturated carbocycles. The van der Waals surface area contributed by atoms with E-state index in [9.17, 15) is 0 Å². The molecule has 2 nitrogen and oxygen atoms in total. The van der Waals surface area contributed by atoms with E-state index in [1.54, 1.807) is 0 Å². The van der Waals surface area contributed by atoms with E-state index in [1.165, 1.54) is 54.9 Å². The van der Waals surface area contributed by atoms with E-state index in [0.717, 1.165) is 72.4 Å². The van der Waals surface area contributed by atoms with Gasteiger partial charge in [-0.2, -0.15) is 0 Å². The zero-order chi connectivity index (χ0) is 46.4. The van der Waals surface area contributed by atoms with Crippen LogP contribution in [0.5, 0.6) is 0 Å². The first kappa shape index (κ1) is 41.0. The van der Waals surface area contributed by atoms with Crippen LogP contribution in [0.2, 0.25) is 0 Å². The van der Waals surface area contributed by atoms with Gasteiger partial charge >= 0.3 is 0 Å². The van der Waals surface area contributed by atoms with Crippen LogP contribution in [0.4, 0.5) is 17.1 Å². The Kier molecular flexibility index (Phi) is 10.2. The first-order valence-electron chi connectivity index (χ1n) is 24.0. The summed E-state index contributed by atoms with van der Waals surface area (Å²) in [6.07, 6.45) is 0. The summed E-state index contributed by atoms with van der Waals surface area (Å²) < 4.78 is 6.60. The highest BCUT2D eigenvalue weighted by molar-refractivity contribution is 6.22. The van der Waals surface area contributed by atoms with Crippen LogP contribution in [0.1, 0.15) is 0 Å². The highest BCUT2D eigenvalue weighted by Crippen LogP contribution is 2.47.